The highest BCUT2D eigenvalue weighted by Gasteiger charge is 1.68. The molecule has 0 aliphatic rings. The molecule has 0 unspecified atom stereocenters. The largest absolute Gasteiger partial charge is 1.00 e. The quantitative estimate of drug-likeness (QED) is 0.402. The molecule has 0 saturated carbocycles. The van der Waals surface area contributed by atoms with Crippen molar-refractivity contribution in [2.75, 3.05) is 0 Å². The van der Waals surface area contributed by atoms with Gasteiger partial charge in [0.25, 0.3) is 0 Å². The van der Waals surface area contributed by atoms with Crippen LogP contribution in [0.1, 0.15) is 65.2 Å². The lowest BCUT2D eigenvalue weighted by molar-refractivity contribution is -0.106. The molecule has 0 radical (unpaired) electrons. The summed E-state index contributed by atoms with van der Waals surface area (Å²) in [6.45, 7) is 18.4. The van der Waals surface area contributed by atoms with Gasteiger partial charge in [-0.1, -0.05) is 41.5 Å². The summed E-state index contributed by atoms with van der Waals surface area (Å²) in [4.78, 5) is 8.81. The van der Waals surface area contributed by atoms with Gasteiger partial charge in [0.05, 0.1) is 20.3 Å². The van der Waals surface area contributed by atoms with Gasteiger partial charge < -0.3 is 4.79 Å². The predicted octanol–water partition coefficient (Wildman–Crippen LogP) is 4.99. The molecule has 0 atom stereocenters. The smallest absolute Gasteiger partial charge is 0.304 e. The molecular formula is C13H33O+3. The van der Waals surface area contributed by atoms with Crippen LogP contribution in [0.2, 0.25) is 0 Å². The van der Waals surface area contributed by atoms with E-state index in [9.17, 15) is 0 Å². The van der Waals surface area contributed by atoms with E-state index in [2.05, 4.69) is 41.5 Å². The molecule has 0 aromatic rings. The van der Waals surface area contributed by atoms with Crippen molar-refractivity contribution >= 4 is 6.29 Å². The summed E-state index contributed by atoms with van der Waals surface area (Å²) in [5.41, 5.74) is 0. The molecule has 0 N–H and O–H groups in total. The van der Waals surface area contributed by atoms with Crippen molar-refractivity contribution in [3.63, 3.8) is 0 Å². The van der Waals surface area contributed by atoms with Crippen molar-refractivity contribution < 1.29 is 7.65 Å². The van der Waals surface area contributed by atoms with Crippen molar-refractivity contribution in [3.05, 3.63) is 6.42 Å². The second kappa shape index (κ2) is 29.4. The van der Waals surface area contributed by atoms with E-state index in [-0.39, 0.29) is 2.85 Å². The van der Waals surface area contributed by atoms with E-state index in [1.54, 1.807) is 0 Å². The van der Waals surface area contributed by atoms with E-state index in [1.807, 2.05) is 20.3 Å². The summed E-state index contributed by atoms with van der Waals surface area (Å²) in [5.74, 6) is 1.67. The van der Waals surface area contributed by atoms with E-state index in [0.29, 0.717) is 0 Å². The first-order valence-corrected chi connectivity index (χ1v) is 5.43. The summed E-state index contributed by atoms with van der Waals surface area (Å²) in [7, 11) is 0. The normalized spacial score (nSPS) is 7.07. The number of carbonyl (C=O) groups excluding carboxylic acids is 1. The number of hydrogen-bond acceptors (Lipinski definition) is 1. The van der Waals surface area contributed by atoms with Gasteiger partial charge >= 0.3 is 2.85 Å². The first-order valence-electron chi connectivity index (χ1n) is 5.43. The van der Waals surface area contributed by atoms with Gasteiger partial charge in [-0.3, -0.25) is 0 Å². The van der Waals surface area contributed by atoms with Gasteiger partial charge in [0.1, 0.15) is 6.29 Å². The van der Waals surface area contributed by atoms with Gasteiger partial charge in [-0.15, -0.1) is 0 Å². The zero-order valence-electron chi connectivity index (χ0n) is 13.7. The second-order valence-electron chi connectivity index (χ2n) is 4.28. The molecule has 14 heavy (non-hydrogen) atoms. The van der Waals surface area contributed by atoms with Crippen LogP contribution in [0.4, 0.5) is 0 Å². The van der Waals surface area contributed by atoms with Crippen LogP contribution in [-0.2, 0) is 4.79 Å². The first kappa shape index (κ1) is 23.4. The lowest BCUT2D eigenvalue weighted by atomic mass is 10.3. The van der Waals surface area contributed by atoms with E-state index in [4.69, 9.17) is 4.79 Å². The molecule has 0 aliphatic carbocycles. The predicted molar refractivity (Wildman–Crippen MR) is 70.6 cm³/mol. The van der Waals surface area contributed by atoms with Gasteiger partial charge in [0.15, 0.2) is 0 Å². The average molecular weight is 205 g/mol. The number of aldehydes is 1. The summed E-state index contributed by atoms with van der Waals surface area (Å²) in [6, 6.07) is 0. The Balaban J connectivity index is -0.0000000202. The van der Waals surface area contributed by atoms with Crippen molar-refractivity contribution in [1.82, 2.24) is 0 Å². The summed E-state index contributed by atoms with van der Waals surface area (Å²) >= 11 is 0. The number of hydrogen-bond donors (Lipinski definition) is 0. The van der Waals surface area contributed by atoms with E-state index < -0.39 is 0 Å². The highest BCUT2D eigenvalue weighted by molar-refractivity contribution is 5.44. The van der Waals surface area contributed by atoms with Gasteiger partial charge in [-0.2, -0.15) is 0 Å². The van der Waals surface area contributed by atoms with Crippen molar-refractivity contribution in [1.29, 1.82) is 0 Å². The zero-order valence-corrected chi connectivity index (χ0v) is 11.7. The number of rotatable bonds is 0. The summed E-state index contributed by atoms with van der Waals surface area (Å²) in [5, 5.41) is 0. The van der Waals surface area contributed by atoms with Crippen LogP contribution in [0.3, 0.4) is 0 Å². The molecule has 88 valence electrons. The van der Waals surface area contributed by atoms with Crippen LogP contribution >= 0.6 is 0 Å². The van der Waals surface area contributed by atoms with Crippen LogP contribution in [0.25, 0.3) is 0 Å². The SMILES string of the molecule is CC(C)C.CC(C)C.CC=O.C[CH+]C.[H+].[H+]. The topological polar surface area (TPSA) is 17.1 Å². The highest BCUT2D eigenvalue weighted by Crippen LogP contribution is 1.81. The molecule has 0 aromatic heterocycles. The molecule has 0 aromatic carbocycles. The molecule has 0 fully saturated rings. The molecule has 0 amide bonds. The fraction of sp³-hybridized carbons (Fsp3) is 0.846. The highest BCUT2D eigenvalue weighted by atomic mass is 16.1. The van der Waals surface area contributed by atoms with Gasteiger partial charge in [0, 0.05) is 0 Å². The molecule has 1 nitrogen and oxygen atoms in total. The van der Waals surface area contributed by atoms with Gasteiger partial charge in [0.2, 0.25) is 0 Å². The average Bonchev–Trinajstić information content (AvgIpc) is 1.85. The second-order valence-corrected chi connectivity index (χ2v) is 4.28. The third-order valence-electron chi connectivity index (χ3n) is 0. The first-order chi connectivity index (χ1) is 6.29. The minimum atomic E-state index is 0. The molecule has 0 aliphatic heterocycles. The third kappa shape index (κ3) is 6060. The molecule has 0 rings (SSSR count). The number of carbonyl (C=O) groups is 1. The van der Waals surface area contributed by atoms with Crippen LogP contribution in [0.15, 0.2) is 0 Å². The standard InChI is InChI=1S/2C4H10.C3H7.C2H4O/c2*1-4(2)3;1-3-2;1-2-3/h2*4H,1-3H3;3H,1-2H3;2H,1H3/q;;+1;/p+2. The molecular weight excluding hydrogens is 172 g/mol. The Morgan fingerprint density at radius 2 is 0.929 bits per heavy atom. The lowest BCUT2D eigenvalue weighted by Gasteiger charge is -1.79. The fourth-order valence-corrected chi connectivity index (χ4v) is 0. The molecule has 0 spiro atoms. The third-order valence-corrected chi connectivity index (χ3v) is 0. The minimum absolute atomic E-state index is 0. The Bertz CT molecular complexity index is 62.8. The zero-order chi connectivity index (χ0) is 12.6. The summed E-state index contributed by atoms with van der Waals surface area (Å²) < 4.78 is 0. The molecule has 0 bridgehead atoms. The van der Waals surface area contributed by atoms with Crippen LogP contribution < -0.4 is 0 Å². The van der Waals surface area contributed by atoms with Crippen molar-refractivity contribution in [2.45, 2.75) is 62.3 Å². The maximum absolute atomic E-state index is 8.81. The summed E-state index contributed by atoms with van der Waals surface area (Å²) in [6.07, 6.45) is 2.75. The minimum Gasteiger partial charge on any atom is -0.304 e. The Labute approximate surface area is 95.3 Å². The fourth-order valence-electron chi connectivity index (χ4n) is 0. The molecule has 1 heteroatoms. The van der Waals surface area contributed by atoms with Crippen LogP contribution in [0, 0.1) is 18.3 Å². The van der Waals surface area contributed by atoms with Crippen molar-refractivity contribution in [2.24, 2.45) is 11.8 Å². The Kier molecular flexibility index (Phi) is 49.1. The van der Waals surface area contributed by atoms with Gasteiger partial charge in [-0.05, 0) is 18.8 Å². The lowest BCUT2D eigenvalue weighted by Crippen LogP contribution is -1.66. The maximum Gasteiger partial charge on any atom is 1.00 e. The van der Waals surface area contributed by atoms with E-state index in [0.717, 1.165) is 18.1 Å². The molecule has 0 heterocycles. The Morgan fingerprint density at radius 1 is 0.929 bits per heavy atom. The Morgan fingerprint density at radius 3 is 0.929 bits per heavy atom. The van der Waals surface area contributed by atoms with E-state index >= 15 is 0 Å². The molecule has 0 saturated heterocycles. The van der Waals surface area contributed by atoms with E-state index in [1.165, 1.54) is 6.92 Å². The van der Waals surface area contributed by atoms with Crippen LogP contribution in [-0.4, -0.2) is 6.29 Å². The maximum atomic E-state index is 8.81. The van der Waals surface area contributed by atoms with Crippen molar-refractivity contribution in [3.8, 4) is 0 Å². The van der Waals surface area contributed by atoms with Gasteiger partial charge in [-0.25, -0.2) is 0 Å². The monoisotopic (exact) mass is 205 g/mol. The van der Waals surface area contributed by atoms with Crippen LogP contribution in [0.5, 0.6) is 0 Å². The Hall–Kier alpha value is -0.460.